The largest absolute Gasteiger partial charge is 0.384 e. The lowest BCUT2D eigenvalue weighted by Crippen LogP contribution is -2.35. The molecule has 20 heavy (non-hydrogen) atoms. The lowest BCUT2D eigenvalue weighted by atomic mass is 9.97. The molecule has 0 amide bonds. The lowest BCUT2D eigenvalue weighted by molar-refractivity contribution is 0.0988. The van der Waals surface area contributed by atoms with Crippen molar-refractivity contribution in [2.75, 3.05) is 46.4 Å². The van der Waals surface area contributed by atoms with Crippen LogP contribution in [-0.2, 0) is 4.74 Å². The highest BCUT2D eigenvalue weighted by Gasteiger charge is 2.18. The Labute approximate surface area is 126 Å². The molecule has 0 atom stereocenters. The van der Waals surface area contributed by atoms with Gasteiger partial charge in [-0.25, -0.2) is 0 Å². The molecule has 0 unspecified atom stereocenters. The highest BCUT2D eigenvalue weighted by molar-refractivity contribution is 4.71. The smallest absolute Gasteiger partial charge is 0.0491 e. The Kier molecular flexibility index (Phi) is 10.3. The van der Waals surface area contributed by atoms with Crippen molar-refractivity contribution in [1.29, 1.82) is 0 Å². The third-order valence-electron chi connectivity index (χ3n) is 4.24. The summed E-state index contributed by atoms with van der Waals surface area (Å²) in [6.07, 6.45) is 8.13. The summed E-state index contributed by atoms with van der Waals surface area (Å²) in [6.45, 7) is 11.7. The molecule has 1 rings (SSSR count). The van der Waals surface area contributed by atoms with E-state index in [4.69, 9.17) is 4.74 Å². The SMILES string of the molecule is COCC1CCN(CCCCCCNCC(C)C)CC1. The minimum Gasteiger partial charge on any atom is -0.384 e. The fraction of sp³-hybridized carbons (Fsp3) is 1.00. The first-order valence-corrected chi connectivity index (χ1v) is 8.64. The van der Waals surface area contributed by atoms with E-state index in [0.717, 1.165) is 25.0 Å². The van der Waals surface area contributed by atoms with Crippen LogP contribution in [-0.4, -0.2) is 51.3 Å². The highest BCUT2D eigenvalue weighted by Crippen LogP contribution is 2.17. The molecular weight excluding hydrogens is 248 g/mol. The number of nitrogens with zero attached hydrogens (tertiary/aromatic N) is 1. The Morgan fingerprint density at radius 1 is 1.10 bits per heavy atom. The fourth-order valence-electron chi connectivity index (χ4n) is 2.94. The average Bonchev–Trinajstić information content (AvgIpc) is 2.43. The second-order valence-corrected chi connectivity index (χ2v) is 6.75. The van der Waals surface area contributed by atoms with Gasteiger partial charge in [0.2, 0.25) is 0 Å². The summed E-state index contributed by atoms with van der Waals surface area (Å²) in [6, 6.07) is 0. The fourth-order valence-corrected chi connectivity index (χ4v) is 2.94. The van der Waals surface area contributed by atoms with Crippen molar-refractivity contribution in [3.05, 3.63) is 0 Å². The highest BCUT2D eigenvalue weighted by atomic mass is 16.5. The third kappa shape index (κ3) is 8.93. The van der Waals surface area contributed by atoms with Crippen molar-refractivity contribution in [2.45, 2.75) is 52.4 Å². The second-order valence-electron chi connectivity index (χ2n) is 6.75. The minimum absolute atomic E-state index is 0.774. The van der Waals surface area contributed by atoms with Crippen LogP contribution >= 0.6 is 0 Å². The molecule has 120 valence electrons. The first-order valence-electron chi connectivity index (χ1n) is 8.64. The monoisotopic (exact) mass is 284 g/mol. The van der Waals surface area contributed by atoms with Crippen molar-refractivity contribution in [3.63, 3.8) is 0 Å². The summed E-state index contributed by atoms with van der Waals surface area (Å²) in [7, 11) is 1.82. The molecule has 1 N–H and O–H groups in total. The summed E-state index contributed by atoms with van der Waals surface area (Å²) >= 11 is 0. The van der Waals surface area contributed by atoms with Crippen molar-refractivity contribution in [3.8, 4) is 0 Å². The zero-order chi connectivity index (χ0) is 14.6. The van der Waals surface area contributed by atoms with E-state index >= 15 is 0 Å². The molecule has 1 saturated heterocycles. The van der Waals surface area contributed by atoms with Gasteiger partial charge >= 0.3 is 0 Å². The maximum absolute atomic E-state index is 5.25. The number of unbranched alkanes of at least 4 members (excludes halogenated alkanes) is 3. The second kappa shape index (κ2) is 11.5. The quantitative estimate of drug-likeness (QED) is 0.590. The van der Waals surface area contributed by atoms with Gasteiger partial charge in [0.15, 0.2) is 0 Å². The first-order chi connectivity index (χ1) is 9.72. The van der Waals surface area contributed by atoms with Crippen LogP contribution in [0.15, 0.2) is 0 Å². The van der Waals surface area contributed by atoms with Gasteiger partial charge in [-0.05, 0) is 70.2 Å². The van der Waals surface area contributed by atoms with Gasteiger partial charge in [0, 0.05) is 13.7 Å². The summed E-state index contributed by atoms with van der Waals surface area (Å²) in [5, 5.41) is 3.52. The normalized spacial score (nSPS) is 18.0. The van der Waals surface area contributed by atoms with E-state index in [1.807, 2.05) is 7.11 Å². The molecule has 0 aromatic carbocycles. The summed E-state index contributed by atoms with van der Waals surface area (Å²) < 4.78 is 5.25. The van der Waals surface area contributed by atoms with Gasteiger partial charge in [-0.15, -0.1) is 0 Å². The van der Waals surface area contributed by atoms with Gasteiger partial charge in [-0.1, -0.05) is 26.7 Å². The molecular formula is C17H36N2O. The van der Waals surface area contributed by atoms with Crippen molar-refractivity contribution < 1.29 is 4.74 Å². The first kappa shape index (κ1) is 17.9. The zero-order valence-electron chi connectivity index (χ0n) is 14.0. The number of hydrogen-bond donors (Lipinski definition) is 1. The van der Waals surface area contributed by atoms with Crippen LogP contribution < -0.4 is 5.32 Å². The van der Waals surface area contributed by atoms with Crippen LogP contribution in [0.3, 0.4) is 0 Å². The molecule has 1 aliphatic heterocycles. The molecule has 1 fully saturated rings. The molecule has 0 saturated carbocycles. The van der Waals surface area contributed by atoms with E-state index in [1.54, 1.807) is 0 Å². The number of nitrogens with one attached hydrogen (secondary N) is 1. The van der Waals surface area contributed by atoms with Gasteiger partial charge < -0.3 is 15.0 Å². The van der Waals surface area contributed by atoms with Crippen LogP contribution in [0.25, 0.3) is 0 Å². The summed E-state index contributed by atoms with van der Waals surface area (Å²) in [4.78, 5) is 2.64. The van der Waals surface area contributed by atoms with Gasteiger partial charge in [-0.2, -0.15) is 0 Å². The molecule has 3 heteroatoms. The molecule has 1 aliphatic rings. The number of ether oxygens (including phenoxy) is 1. The number of hydrogen-bond acceptors (Lipinski definition) is 3. The topological polar surface area (TPSA) is 24.5 Å². The average molecular weight is 284 g/mol. The molecule has 0 aromatic heterocycles. The van der Waals surface area contributed by atoms with Crippen LogP contribution in [0.2, 0.25) is 0 Å². The van der Waals surface area contributed by atoms with Crippen LogP contribution in [0.4, 0.5) is 0 Å². The van der Waals surface area contributed by atoms with E-state index in [1.165, 1.54) is 64.7 Å². The lowest BCUT2D eigenvalue weighted by Gasteiger charge is -2.31. The minimum atomic E-state index is 0.774. The molecule has 0 aromatic rings. The van der Waals surface area contributed by atoms with Gasteiger partial charge in [0.25, 0.3) is 0 Å². The molecule has 0 aliphatic carbocycles. The summed E-state index contributed by atoms with van der Waals surface area (Å²) in [5.41, 5.74) is 0. The Morgan fingerprint density at radius 2 is 1.80 bits per heavy atom. The van der Waals surface area contributed by atoms with Gasteiger partial charge in [0.05, 0.1) is 0 Å². The van der Waals surface area contributed by atoms with Crippen LogP contribution in [0, 0.1) is 11.8 Å². The molecule has 0 spiro atoms. The van der Waals surface area contributed by atoms with Gasteiger partial charge in [-0.3, -0.25) is 0 Å². The molecule has 3 nitrogen and oxygen atoms in total. The Balaban J connectivity index is 1.85. The van der Waals surface area contributed by atoms with E-state index in [0.29, 0.717) is 0 Å². The maximum atomic E-state index is 5.25. The molecule has 1 heterocycles. The van der Waals surface area contributed by atoms with Crippen LogP contribution in [0.5, 0.6) is 0 Å². The number of likely N-dealkylation sites (tertiary alicyclic amines) is 1. The Morgan fingerprint density at radius 3 is 2.45 bits per heavy atom. The predicted molar refractivity (Wildman–Crippen MR) is 87.2 cm³/mol. The Hall–Kier alpha value is -0.120. The zero-order valence-corrected chi connectivity index (χ0v) is 14.0. The van der Waals surface area contributed by atoms with Crippen molar-refractivity contribution in [1.82, 2.24) is 10.2 Å². The maximum Gasteiger partial charge on any atom is 0.0491 e. The van der Waals surface area contributed by atoms with E-state index in [2.05, 4.69) is 24.1 Å². The Bertz CT molecular complexity index is 213. The predicted octanol–water partition coefficient (Wildman–Crippen LogP) is 3.15. The van der Waals surface area contributed by atoms with Gasteiger partial charge in [0.1, 0.15) is 0 Å². The van der Waals surface area contributed by atoms with Crippen molar-refractivity contribution in [2.24, 2.45) is 11.8 Å². The van der Waals surface area contributed by atoms with E-state index in [9.17, 15) is 0 Å². The molecule has 0 bridgehead atoms. The number of methoxy groups -OCH3 is 1. The third-order valence-corrected chi connectivity index (χ3v) is 4.24. The van der Waals surface area contributed by atoms with E-state index < -0.39 is 0 Å². The number of piperidine rings is 1. The van der Waals surface area contributed by atoms with Crippen LogP contribution in [0.1, 0.15) is 52.4 Å². The molecule has 0 radical (unpaired) electrons. The summed E-state index contributed by atoms with van der Waals surface area (Å²) in [5.74, 6) is 1.58. The van der Waals surface area contributed by atoms with Crippen molar-refractivity contribution >= 4 is 0 Å². The standard InChI is InChI=1S/C17H36N2O/c1-16(2)14-18-10-6-4-5-7-11-19-12-8-17(9-13-19)15-20-3/h16-18H,4-15H2,1-3H3. The number of rotatable bonds is 11. The van der Waals surface area contributed by atoms with E-state index in [-0.39, 0.29) is 0 Å².